The molecule has 5 heteroatoms. The summed E-state index contributed by atoms with van der Waals surface area (Å²) in [4.78, 5) is 26.3. The Labute approximate surface area is 168 Å². The van der Waals surface area contributed by atoms with Crippen LogP contribution in [0.4, 0.5) is 0 Å². The quantitative estimate of drug-likeness (QED) is 0.400. The van der Waals surface area contributed by atoms with E-state index in [4.69, 9.17) is 14.2 Å². The van der Waals surface area contributed by atoms with E-state index in [1.54, 1.807) is 19.1 Å². The summed E-state index contributed by atoms with van der Waals surface area (Å²) in [6.45, 7) is 16.2. The van der Waals surface area contributed by atoms with E-state index >= 15 is 0 Å². The Morgan fingerprint density at radius 3 is 2.57 bits per heavy atom. The molecule has 0 spiro atoms. The number of rotatable bonds is 5. The van der Waals surface area contributed by atoms with E-state index in [1.807, 2.05) is 13.8 Å². The van der Waals surface area contributed by atoms with Crippen LogP contribution in [0.25, 0.3) is 0 Å². The van der Waals surface area contributed by atoms with Crippen molar-refractivity contribution in [3.05, 3.63) is 24.3 Å². The molecule has 1 heterocycles. The average Bonchev–Trinajstić information content (AvgIpc) is 2.95. The standard InChI is InChI=1S/C23H34O5/c1-8-10-23(20(25)26-9-2)12-11-22(7)15(13-16(23)24)18-19(17(22)14(3)4)28-21(5,6)27-18/h8,13-14,17-19H,1,9-12H2,2-7H3/t17-,18+,19-,22-,23-/m0/s1. The fourth-order valence-corrected chi connectivity index (χ4v) is 5.73. The number of carbonyl (C=O) groups excluding carboxylic acids is 2. The van der Waals surface area contributed by atoms with E-state index in [0.717, 1.165) is 5.57 Å². The summed E-state index contributed by atoms with van der Waals surface area (Å²) < 4.78 is 17.9. The molecular formula is C23H34O5. The number of esters is 1. The number of ether oxygens (including phenoxy) is 3. The Kier molecular flexibility index (Phi) is 5.39. The van der Waals surface area contributed by atoms with Crippen LogP contribution in [-0.4, -0.2) is 36.4 Å². The summed E-state index contributed by atoms with van der Waals surface area (Å²) in [6, 6.07) is 0. The van der Waals surface area contributed by atoms with Gasteiger partial charge in [-0.25, -0.2) is 0 Å². The van der Waals surface area contributed by atoms with Gasteiger partial charge in [0, 0.05) is 0 Å². The van der Waals surface area contributed by atoms with Gasteiger partial charge < -0.3 is 14.2 Å². The number of ketones is 1. The lowest BCUT2D eigenvalue weighted by Gasteiger charge is -2.39. The number of hydrogen-bond donors (Lipinski definition) is 0. The SMILES string of the molecule is C=CC[C@]1(C(=O)OCC)CC[C@@]2(C)C(=CC1=O)[C@H]1OC(C)(C)O[C@H]1[C@@H]2C(C)C. The fourth-order valence-electron chi connectivity index (χ4n) is 5.73. The van der Waals surface area contributed by atoms with Gasteiger partial charge in [0.1, 0.15) is 11.5 Å². The molecule has 1 saturated carbocycles. The molecular weight excluding hydrogens is 356 g/mol. The van der Waals surface area contributed by atoms with Gasteiger partial charge >= 0.3 is 5.97 Å². The summed E-state index contributed by atoms with van der Waals surface area (Å²) in [6.07, 6.45) is 4.44. The Hall–Kier alpha value is -1.46. The maximum Gasteiger partial charge on any atom is 0.320 e. The molecule has 0 unspecified atom stereocenters. The van der Waals surface area contributed by atoms with Crippen molar-refractivity contribution in [2.24, 2.45) is 22.7 Å². The minimum atomic E-state index is -1.19. The van der Waals surface area contributed by atoms with Gasteiger partial charge in [0.15, 0.2) is 11.6 Å². The summed E-state index contributed by atoms with van der Waals surface area (Å²) in [5.74, 6) is -0.757. The number of carbonyl (C=O) groups is 2. The lowest BCUT2D eigenvalue weighted by molar-refractivity contribution is -0.163. The molecule has 0 aromatic heterocycles. The van der Waals surface area contributed by atoms with E-state index in [2.05, 4.69) is 27.4 Å². The van der Waals surface area contributed by atoms with Crippen molar-refractivity contribution in [1.82, 2.24) is 0 Å². The monoisotopic (exact) mass is 390 g/mol. The zero-order chi connectivity index (χ0) is 20.9. The zero-order valence-electron chi connectivity index (χ0n) is 18.0. The third kappa shape index (κ3) is 3.07. The van der Waals surface area contributed by atoms with Crippen LogP contribution in [0.15, 0.2) is 24.3 Å². The van der Waals surface area contributed by atoms with E-state index in [-0.39, 0.29) is 42.4 Å². The summed E-state index contributed by atoms with van der Waals surface area (Å²) in [5.41, 5.74) is -0.475. The molecule has 0 bridgehead atoms. The van der Waals surface area contributed by atoms with Crippen LogP contribution in [0.2, 0.25) is 0 Å². The molecule has 28 heavy (non-hydrogen) atoms. The smallest absolute Gasteiger partial charge is 0.320 e. The largest absolute Gasteiger partial charge is 0.465 e. The Balaban J connectivity index is 2.10. The van der Waals surface area contributed by atoms with Gasteiger partial charge in [-0.1, -0.05) is 26.8 Å². The van der Waals surface area contributed by atoms with Gasteiger partial charge in [0.2, 0.25) is 0 Å². The molecule has 5 nitrogen and oxygen atoms in total. The first-order valence-corrected chi connectivity index (χ1v) is 10.4. The minimum Gasteiger partial charge on any atom is -0.465 e. The first-order chi connectivity index (χ1) is 13.0. The van der Waals surface area contributed by atoms with Gasteiger partial charge in [0.05, 0.1) is 12.7 Å². The lowest BCUT2D eigenvalue weighted by atomic mass is 9.67. The van der Waals surface area contributed by atoms with Crippen LogP contribution in [0, 0.1) is 22.7 Å². The van der Waals surface area contributed by atoms with E-state index in [0.29, 0.717) is 18.8 Å². The molecule has 156 valence electrons. The summed E-state index contributed by atoms with van der Waals surface area (Å²) >= 11 is 0. The van der Waals surface area contributed by atoms with Gasteiger partial charge in [0.25, 0.3) is 0 Å². The van der Waals surface area contributed by atoms with Gasteiger partial charge in [-0.05, 0) is 68.9 Å². The normalized spacial score (nSPS) is 39.2. The highest BCUT2D eigenvalue weighted by atomic mass is 16.8. The fraction of sp³-hybridized carbons (Fsp3) is 0.739. The van der Waals surface area contributed by atoms with E-state index < -0.39 is 17.2 Å². The average molecular weight is 391 g/mol. The van der Waals surface area contributed by atoms with Crippen LogP contribution >= 0.6 is 0 Å². The van der Waals surface area contributed by atoms with Crippen LogP contribution < -0.4 is 0 Å². The molecule has 0 N–H and O–H groups in total. The molecule has 3 aliphatic rings. The van der Waals surface area contributed by atoms with Gasteiger partial charge in [-0.3, -0.25) is 9.59 Å². The second-order valence-electron chi connectivity index (χ2n) is 9.47. The molecule has 1 saturated heterocycles. The highest BCUT2D eigenvalue weighted by Crippen LogP contribution is 2.61. The second kappa shape index (κ2) is 7.10. The topological polar surface area (TPSA) is 61.8 Å². The molecule has 3 rings (SSSR count). The van der Waals surface area contributed by atoms with Crippen LogP contribution in [-0.2, 0) is 23.8 Å². The molecule has 0 radical (unpaired) electrons. The highest BCUT2D eigenvalue weighted by Gasteiger charge is 2.64. The molecule has 2 fully saturated rings. The summed E-state index contributed by atoms with van der Waals surface area (Å²) in [5, 5.41) is 0. The van der Waals surface area contributed by atoms with Crippen molar-refractivity contribution in [2.75, 3.05) is 6.61 Å². The third-order valence-electron chi connectivity index (χ3n) is 6.89. The molecule has 5 atom stereocenters. The van der Waals surface area contributed by atoms with Gasteiger partial charge in [-0.15, -0.1) is 6.58 Å². The van der Waals surface area contributed by atoms with Crippen molar-refractivity contribution < 1.29 is 23.8 Å². The minimum absolute atomic E-state index is 0.0754. The van der Waals surface area contributed by atoms with Crippen molar-refractivity contribution in [2.45, 2.75) is 78.8 Å². The molecule has 0 amide bonds. The Morgan fingerprint density at radius 1 is 1.32 bits per heavy atom. The maximum atomic E-state index is 13.4. The molecule has 0 aromatic carbocycles. The van der Waals surface area contributed by atoms with Crippen LogP contribution in [0.3, 0.4) is 0 Å². The number of allylic oxidation sites excluding steroid dienone is 2. The molecule has 1 aliphatic heterocycles. The zero-order valence-corrected chi connectivity index (χ0v) is 18.0. The van der Waals surface area contributed by atoms with Crippen molar-refractivity contribution in [3.63, 3.8) is 0 Å². The third-order valence-corrected chi connectivity index (χ3v) is 6.89. The number of fused-ring (bicyclic) bond motifs is 3. The first kappa shape index (κ1) is 21.3. The summed E-state index contributed by atoms with van der Waals surface area (Å²) in [7, 11) is 0. The van der Waals surface area contributed by atoms with E-state index in [1.165, 1.54) is 0 Å². The maximum absolute atomic E-state index is 13.4. The van der Waals surface area contributed by atoms with Gasteiger partial charge in [-0.2, -0.15) is 0 Å². The second-order valence-corrected chi connectivity index (χ2v) is 9.47. The molecule has 0 aromatic rings. The molecule has 2 aliphatic carbocycles. The highest BCUT2D eigenvalue weighted by molar-refractivity contribution is 6.10. The Morgan fingerprint density at radius 2 is 2.00 bits per heavy atom. The predicted octanol–water partition coefficient (Wildman–Crippen LogP) is 4.21. The first-order valence-electron chi connectivity index (χ1n) is 10.4. The van der Waals surface area contributed by atoms with Crippen LogP contribution in [0.5, 0.6) is 0 Å². The number of hydrogen-bond acceptors (Lipinski definition) is 5. The lowest BCUT2D eigenvalue weighted by Crippen LogP contribution is -2.41. The van der Waals surface area contributed by atoms with E-state index in [9.17, 15) is 9.59 Å². The Bertz CT molecular complexity index is 706. The predicted molar refractivity (Wildman–Crippen MR) is 106 cm³/mol. The van der Waals surface area contributed by atoms with Crippen molar-refractivity contribution >= 4 is 11.8 Å². The van der Waals surface area contributed by atoms with Crippen LogP contribution in [0.1, 0.15) is 60.8 Å². The van der Waals surface area contributed by atoms with Crippen molar-refractivity contribution in [1.29, 1.82) is 0 Å². The van der Waals surface area contributed by atoms with Crippen molar-refractivity contribution in [3.8, 4) is 0 Å².